The van der Waals surface area contributed by atoms with Crippen LogP contribution < -0.4 is 0 Å². The number of hydrogen-bond acceptors (Lipinski definition) is 3. The van der Waals surface area contributed by atoms with E-state index in [1.807, 2.05) is 0 Å². The smallest absolute Gasteiger partial charge is 0.0563 e. The molecule has 1 radical (unpaired) electrons. The second kappa shape index (κ2) is 10.2. The van der Waals surface area contributed by atoms with E-state index < -0.39 is 16.8 Å². The van der Waals surface area contributed by atoms with E-state index in [1.165, 1.54) is 0 Å². The van der Waals surface area contributed by atoms with E-state index >= 15 is 0 Å². The Morgan fingerprint density at radius 1 is 0.438 bits per heavy atom. The zero-order valence-electron chi connectivity index (χ0n) is 12.4. The van der Waals surface area contributed by atoms with Gasteiger partial charge in [0.2, 0.25) is 0 Å². The van der Waals surface area contributed by atoms with Crippen molar-refractivity contribution in [3.05, 3.63) is 0 Å². The van der Waals surface area contributed by atoms with Gasteiger partial charge in [-0.15, -0.1) is 0 Å². The molecule has 3 N–H and O–H groups in total. The van der Waals surface area contributed by atoms with Crippen LogP contribution in [0, 0.1) is 41.3 Å². The van der Waals surface area contributed by atoms with Gasteiger partial charge in [0.15, 0.2) is 0 Å². The monoisotopic (exact) mass is 363 g/mol. The third-order valence-electron chi connectivity index (χ3n) is 0. The number of rotatable bonds is 0. The summed E-state index contributed by atoms with van der Waals surface area (Å²) in [5, 5.41) is 25.6. The van der Waals surface area contributed by atoms with Crippen molar-refractivity contribution in [2.75, 3.05) is 0 Å². The molecule has 3 nitrogen and oxygen atoms in total. The molecule has 0 saturated heterocycles. The van der Waals surface area contributed by atoms with Crippen molar-refractivity contribution in [1.29, 1.82) is 0 Å². The van der Waals surface area contributed by atoms with E-state index in [0.29, 0.717) is 0 Å². The summed E-state index contributed by atoms with van der Waals surface area (Å²) in [5.74, 6) is 0. The van der Waals surface area contributed by atoms with E-state index in [2.05, 4.69) is 0 Å². The van der Waals surface area contributed by atoms with Crippen LogP contribution in [-0.2, 0) is 0 Å². The Bertz CT molecular complexity index is 91.3. The molecule has 0 amide bonds. The maximum atomic E-state index is 8.52. The van der Waals surface area contributed by atoms with Crippen LogP contribution >= 0.6 is 0 Å². The third kappa shape index (κ3) is 2000. The fraction of sp³-hybridized carbons (Fsp3) is 1.00. The summed E-state index contributed by atoms with van der Waals surface area (Å²) in [4.78, 5) is 0. The van der Waals surface area contributed by atoms with Crippen LogP contribution in [0.5, 0.6) is 0 Å². The predicted molar refractivity (Wildman–Crippen MR) is 65.9 cm³/mol. The van der Waals surface area contributed by atoms with Gasteiger partial charge in [0.25, 0.3) is 0 Å². The molecule has 0 saturated carbocycles. The van der Waals surface area contributed by atoms with Crippen molar-refractivity contribution in [1.82, 2.24) is 0 Å². The molecule has 0 heterocycles. The van der Waals surface area contributed by atoms with E-state index in [1.54, 1.807) is 62.3 Å². The molecule has 16 heavy (non-hydrogen) atoms. The molecule has 0 bridgehead atoms. The molecule has 4 heteroatoms. The Kier molecular flexibility index (Phi) is 16.5. The molecule has 0 atom stereocenters. The molecule has 0 spiro atoms. The first-order valence-electron chi connectivity index (χ1n) is 5.17. The Labute approximate surface area is 135 Å². The SMILES string of the molecule is CC(C)(C)O.CC(C)(C)O.CC(C)(C)O.[Pr]. The molecule has 0 aromatic rings. The summed E-state index contributed by atoms with van der Waals surface area (Å²) in [5.41, 5.74) is -1.50. The van der Waals surface area contributed by atoms with Crippen LogP contribution in [0.25, 0.3) is 0 Å². The van der Waals surface area contributed by atoms with Gasteiger partial charge in [0, 0.05) is 41.3 Å². The standard InChI is InChI=1S/3C4H10O.Pr/c3*1-4(2,3)5;/h3*5H,1-3H3;. The van der Waals surface area contributed by atoms with Crippen LogP contribution in [0.4, 0.5) is 0 Å². The summed E-state index contributed by atoms with van der Waals surface area (Å²) < 4.78 is 0. The van der Waals surface area contributed by atoms with E-state index in [9.17, 15) is 0 Å². The first kappa shape index (κ1) is 25.9. The molecular weight excluding hydrogens is 333 g/mol. The maximum Gasteiger partial charge on any atom is 0.0563 e. The van der Waals surface area contributed by atoms with Crippen molar-refractivity contribution in [2.24, 2.45) is 0 Å². The first-order valence-corrected chi connectivity index (χ1v) is 5.17. The van der Waals surface area contributed by atoms with Gasteiger partial charge in [-0.1, -0.05) is 0 Å². The largest absolute Gasteiger partial charge is 0.391 e. The van der Waals surface area contributed by atoms with Crippen molar-refractivity contribution in [3.63, 3.8) is 0 Å². The Balaban J connectivity index is -0.0000000655. The summed E-state index contributed by atoms with van der Waals surface area (Å²) >= 11 is 0. The summed E-state index contributed by atoms with van der Waals surface area (Å²) in [7, 11) is 0. The van der Waals surface area contributed by atoms with Gasteiger partial charge in [-0.3, -0.25) is 0 Å². The number of aliphatic hydroxyl groups is 3. The zero-order valence-corrected chi connectivity index (χ0v) is 16.1. The van der Waals surface area contributed by atoms with E-state index in [0.717, 1.165) is 0 Å². The van der Waals surface area contributed by atoms with Crippen LogP contribution in [0.15, 0.2) is 0 Å². The van der Waals surface area contributed by atoms with E-state index in [-0.39, 0.29) is 41.3 Å². The second-order valence-corrected chi connectivity index (χ2v) is 6.51. The van der Waals surface area contributed by atoms with Gasteiger partial charge in [-0.05, 0) is 62.3 Å². The summed E-state index contributed by atoms with van der Waals surface area (Å²) in [6.07, 6.45) is 0. The maximum absolute atomic E-state index is 8.52. The van der Waals surface area contributed by atoms with Gasteiger partial charge in [0.1, 0.15) is 0 Å². The predicted octanol–water partition coefficient (Wildman–Crippen LogP) is 2.33. The minimum atomic E-state index is -0.500. The van der Waals surface area contributed by atoms with Crippen molar-refractivity contribution >= 4 is 0 Å². The molecule has 0 fully saturated rings. The molecule has 0 rings (SSSR count). The van der Waals surface area contributed by atoms with Gasteiger partial charge in [-0.25, -0.2) is 0 Å². The number of hydrogen-bond donors (Lipinski definition) is 3. The molecule has 0 aliphatic rings. The quantitative estimate of drug-likeness (QED) is 0.619. The molecular formula is C12H30O3Pr. The van der Waals surface area contributed by atoms with Crippen LogP contribution in [0.3, 0.4) is 0 Å². The molecule has 99 valence electrons. The Morgan fingerprint density at radius 2 is 0.438 bits per heavy atom. The molecule has 0 aliphatic carbocycles. The zero-order chi connectivity index (χ0) is 13.5. The molecule has 0 aromatic carbocycles. The van der Waals surface area contributed by atoms with Gasteiger partial charge < -0.3 is 15.3 Å². The van der Waals surface area contributed by atoms with Gasteiger partial charge >= 0.3 is 0 Å². The fourth-order valence-corrected chi connectivity index (χ4v) is 0. The first-order chi connectivity index (χ1) is 6.00. The van der Waals surface area contributed by atoms with Crippen LogP contribution in [0.2, 0.25) is 0 Å². The van der Waals surface area contributed by atoms with Crippen LogP contribution in [0.1, 0.15) is 62.3 Å². The minimum Gasteiger partial charge on any atom is -0.391 e. The average Bonchev–Trinajstić information content (AvgIpc) is 1.41. The fourth-order valence-electron chi connectivity index (χ4n) is 0. The van der Waals surface area contributed by atoms with Gasteiger partial charge in [-0.2, -0.15) is 0 Å². The Morgan fingerprint density at radius 3 is 0.438 bits per heavy atom. The topological polar surface area (TPSA) is 60.7 Å². The van der Waals surface area contributed by atoms with Crippen molar-refractivity contribution in [2.45, 2.75) is 79.1 Å². The third-order valence-corrected chi connectivity index (χ3v) is 0. The second-order valence-electron chi connectivity index (χ2n) is 6.51. The van der Waals surface area contributed by atoms with E-state index in [4.69, 9.17) is 15.3 Å². The van der Waals surface area contributed by atoms with Crippen molar-refractivity contribution < 1.29 is 56.6 Å². The summed E-state index contributed by atoms with van der Waals surface area (Å²) in [6, 6.07) is 0. The summed E-state index contributed by atoms with van der Waals surface area (Å²) in [6.45, 7) is 15.7. The minimum absolute atomic E-state index is 0. The van der Waals surface area contributed by atoms with Crippen LogP contribution in [-0.4, -0.2) is 32.1 Å². The Hall–Kier alpha value is 1.24. The molecule has 0 aliphatic heterocycles. The van der Waals surface area contributed by atoms with Crippen molar-refractivity contribution in [3.8, 4) is 0 Å². The molecule has 0 unspecified atom stereocenters. The normalized spacial score (nSPS) is 11.2. The molecule has 0 aromatic heterocycles. The average molecular weight is 363 g/mol. The van der Waals surface area contributed by atoms with Gasteiger partial charge in [0.05, 0.1) is 16.8 Å².